The van der Waals surface area contributed by atoms with Gasteiger partial charge in [-0.2, -0.15) is 0 Å². The lowest BCUT2D eigenvalue weighted by Gasteiger charge is -2.32. The van der Waals surface area contributed by atoms with E-state index in [2.05, 4.69) is 9.71 Å². The fourth-order valence-corrected chi connectivity index (χ4v) is 6.11. The number of anilines is 1. The molecule has 3 heterocycles. The molecule has 11 heteroatoms. The van der Waals surface area contributed by atoms with Crippen LogP contribution in [0.5, 0.6) is 0 Å². The lowest BCUT2D eigenvalue weighted by molar-refractivity contribution is -0.128. The first-order chi connectivity index (χ1) is 18.2. The Bertz CT molecular complexity index is 1290. The van der Waals surface area contributed by atoms with Crippen molar-refractivity contribution < 1.29 is 27.2 Å². The standard InChI is InChI=1S/C27H33FN4O5S/c1-2-7-24(33)21-16-22(28)26(29-23(21)17-32-13-6-10-25(32)34)31-14-11-20(12-15-31)27(35)30-38(36,37)18-19-8-4-3-5-9-19/h3-5,8-9,16,20H,2,6-7,10-15,17-18H2,1H3,(H,30,35). The molecule has 0 bridgehead atoms. The van der Waals surface area contributed by atoms with E-state index in [-0.39, 0.29) is 41.8 Å². The molecule has 1 aromatic carbocycles. The van der Waals surface area contributed by atoms with Crippen LogP contribution in [0.1, 0.15) is 67.1 Å². The number of amides is 2. The number of carbonyl (C=O) groups excluding carboxylic acids is 3. The van der Waals surface area contributed by atoms with Crippen molar-refractivity contribution in [3.63, 3.8) is 0 Å². The van der Waals surface area contributed by atoms with Gasteiger partial charge in [0.15, 0.2) is 17.4 Å². The average molecular weight is 545 g/mol. The van der Waals surface area contributed by atoms with Gasteiger partial charge < -0.3 is 9.80 Å². The summed E-state index contributed by atoms with van der Waals surface area (Å²) in [6.07, 6.45) is 2.70. The summed E-state index contributed by atoms with van der Waals surface area (Å²) in [7, 11) is -3.84. The summed E-state index contributed by atoms with van der Waals surface area (Å²) in [5.41, 5.74) is 1.16. The van der Waals surface area contributed by atoms with Crippen LogP contribution in [0.2, 0.25) is 0 Å². The lowest BCUT2D eigenvalue weighted by atomic mass is 9.96. The molecule has 0 atom stereocenters. The van der Waals surface area contributed by atoms with Crippen LogP contribution in [0.15, 0.2) is 36.4 Å². The molecule has 2 amide bonds. The number of aromatic nitrogens is 1. The van der Waals surface area contributed by atoms with E-state index < -0.39 is 27.7 Å². The van der Waals surface area contributed by atoms with Crippen molar-refractivity contribution in [2.24, 2.45) is 5.92 Å². The van der Waals surface area contributed by atoms with E-state index in [0.717, 1.165) is 6.42 Å². The number of carbonyl (C=O) groups is 3. The Balaban J connectivity index is 1.44. The Morgan fingerprint density at radius 2 is 1.84 bits per heavy atom. The molecule has 2 aliphatic heterocycles. The molecule has 0 radical (unpaired) electrons. The summed E-state index contributed by atoms with van der Waals surface area (Å²) < 4.78 is 42.3. The molecule has 0 unspecified atom stereocenters. The van der Waals surface area contributed by atoms with Gasteiger partial charge in [-0.25, -0.2) is 17.8 Å². The van der Waals surface area contributed by atoms with E-state index in [0.29, 0.717) is 56.6 Å². The molecule has 2 aliphatic rings. The lowest BCUT2D eigenvalue weighted by Crippen LogP contribution is -2.43. The topological polar surface area (TPSA) is 117 Å². The molecular formula is C27H33FN4O5S. The first kappa shape index (κ1) is 27.7. The third-order valence-electron chi connectivity index (χ3n) is 6.95. The highest BCUT2D eigenvalue weighted by atomic mass is 32.2. The van der Waals surface area contributed by atoms with Gasteiger partial charge >= 0.3 is 0 Å². The zero-order valence-corrected chi connectivity index (χ0v) is 22.3. The molecule has 0 spiro atoms. The van der Waals surface area contributed by atoms with Crippen molar-refractivity contribution in [1.82, 2.24) is 14.6 Å². The molecule has 38 heavy (non-hydrogen) atoms. The highest BCUT2D eigenvalue weighted by Gasteiger charge is 2.31. The highest BCUT2D eigenvalue weighted by Crippen LogP contribution is 2.28. The fraction of sp³-hybridized carbons (Fsp3) is 0.481. The predicted molar refractivity (Wildman–Crippen MR) is 140 cm³/mol. The predicted octanol–water partition coefficient (Wildman–Crippen LogP) is 3.19. The van der Waals surface area contributed by atoms with Crippen LogP contribution in [0.4, 0.5) is 10.2 Å². The Hall–Kier alpha value is -3.34. The second-order valence-electron chi connectivity index (χ2n) is 9.85. The fourth-order valence-electron chi connectivity index (χ4n) is 4.93. The SMILES string of the molecule is CCCC(=O)c1cc(F)c(N2CCC(C(=O)NS(=O)(=O)Cc3ccccc3)CC2)nc1CN1CCCC1=O. The molecule has 0 saturated carbocycles. The van der Waals surface area contributed by atoms with E-state index in [9.17, 15) is 22.8 Å². The Morgan fingerprint density at radius 3 is 2.47 bits per heavy atom. The maximum Gasteiger partial charge on any atom is 0.239 e. The summed E-state index contributed by atoms with van der Waals surface area (Å²) in [5.74, 6) is -2.17. The van der Waals surface area contributed by atoms with Crippen LogP contribution in [0.3, 0.4) is 0 Å². The third kappa shape index (κ3) is 6.75. The smallest absolute Gasteiger partial charge is 0.239 e. The van der Waals surface area contributed by atoms with Crippen molar-refractivity contribution in [2.75, 3.05) is 24.5 Å². The van der Waals surface area contributed by atoms with Gasteiger partial charge in [0.25, 0.3) is 0 Å². The number of pyridine rings is 1. The van der Waals surface area contributed by atoms with E-state index in [1.165, 1.54) is 6.07 Å². The van der Waals surface area contributed by atoms with Gasteiger partial charge in [0, 0.05) is 44.0 Å². The minimum absolute atomic E-state index is 0.0133. The molecule has 1 aromatic heterocycles. The number of rotatable bonds is 10. The minimum atomic E-state index is -3.84. The quantitative estimate of drug-likeness (QED) is 0.457. The van der Waals surface area contributed by atoms with Crippen LogP contribution in [-0.2, 0) is 31.9 Å². The van der Waals surface area contributed by atoms with Gasteiger partial charge in [-0.15, -0.1) is 0 Å². The van der Waals surface area contributed by atoms with Gasteiger partial charge in [0.05, 0.1) is 18.0 Å². The van der Waals surface area contributed by atoms with Gasteiger partial charge in [-0.05, 0) is 37.3 Å². The molecule has 0 aliphatic carbocycles. The summed E-state index contributed by atoms with van der Waals surface area (Å²) >= 11 is 0. The molecule has 9 nitrogen and oxygen atoms in total. The number of nitrogens with zero attached hydrogens (tertiary/aromatic N) is 3. The molecular weight excluding hydrogens is 511 g/mol. The first-order valence-electron chi connectivity index (χ1n) is 13.0. The number of likely N-dealkylation sites (tertiary alicyclic amines) is 1. The largest absolute Gasteiger partial charge is 0.354 e. The number of nitrogens with one attached hydrogen (secondary N) is 1. The Kier molecular flexibility index (Phi) is 8.76. The van der Waals surface area contributed by atoms with Crippen molar-refractivity contribution in [1.29, 1.82) is 0 Å². The summed E-state index contributed by atoms with van der Waals surface area (Å²) in [5, 5.41) is 0. The van der Waals surface area contributed by atoms with Crippen LogP contribution in [0, 0.1) is 11.7 Å². The second kappa shape index (κ2) is 12.0. The molecule has 2 saturated heterocycles. The van der Waals surface area contributed by atoms with Crippen LogP contribution in [-0.4, -0.2) is 55.5 Å². The molecule has 2 aromatic rings. The van der Waals surface area contributed by atoms with E-state index in [1.807, 2.05) is 6.92 Å². The summed E-state index contributed by atoms with van der Waals surface area (Å²) in [4.78, 5) is 45.4. The number of piperidine rings is 1. The Morgan fingerprint density at radius 1 is 1.13 bits per heavy atom. The van der Waals surface area contributed by atoms with Gasteiger partial charge in [-0.1, -0.05) is 37.3 Å². The van der Waals surface area contributed by atoms with Gasteiger partial charge in [0.1, 0.15) is 0 Å². The van der Waals surface area contributed by atoms with E-state index in [4.69, 9.17) is 0 Å². The van der Waals surface area contributed by atoms with Crippen LogP contribution < -0.4 is 9.62 Å². The maximum atomic E-state index is 15.2. The Labute approximate surface area is 222 Å². The van der Waals surface area contributed by atoms with Crippen molar-refractivity contribution in [2.45, 2.75) is 57.7 Å². The number of Topliss-reactive ketones (excluding diaryl/α,β-unsaturated/α-hetero) is 1. The number of sulfonamides is 1. The third-order valence-corrected chi connectivity index (χ3v) is 8.17. The highest BCUT2D eigenvalue weighted by molar-refractivity contribution is 7.89. The second-order valence-corrected chi connectivity index (χ2v) is 11.6. The number of hydrogen-bond donors (Lipinski definition) is 1. The maximum absolute atomic E-state index is 15.2. The monoisotopic (exact) mass is 544 g/mol. The first-order valence-corrected chi connectivity index (χ1v) is 14.7. The van der Waals surface area contributed by atoms with E-state index >= 15 is 4.39 Å². The zero-order chi connectivity index (χ0) is 27.3. The normalized spacial score (nSPS) is 16.6. The molecule has 2 fully saturated rings. The number of benzene rings is 1. The number of hydrogen-bond acceptors (Lipinski definition) is 7. The average Bonchev–Trinajstić information content (AvgIpc) is 3.29. The summed E-state index contributed by atoms with van der Waals surface area (Å²) in [6, 6.07) is 9.82. The van der Waals surface area contributed by atoms with Crippen molar-refractivity contribution in [3.8, 4) is 0 Å². The minimum Gasteiger partial charge on any atom is -0.354 e. The number of ketones is 1. The van der Waals surface area contributed by atoms with Crippen LogP contribution >= 0.6 is 0 Å². The molecule has 204 valence electrons. The molecule has 4 rings (SSSR count). The van der Waals surface area contributed by atoms with Crippen molar-refractivity contribution in [3.05, 3.63) is 59.0 Å². The van der Waals surface area contributed by atoms with Gasteiger partial charge in [0.2, 0.25) is 21.8 Å². The molecule has 1 N–H and O–H groups in total. The van der Waals surface area contributed by atoms with Crippen molar-refractivity contribution >= 4 is 33.4 Å². The van der Waals surface area contributed by atoms with E-state index in [1.54, 1.807) is 40.1 Å². The van der Waals surface area contributed by atoms with Crippen LogP contribution in [0.25, 0.3) is 0 Å². The zero-order valence-electron chi connectivity index (χ0n) is 21.5. The summed E-state index contributed by atoms with van der Waals surface area (Å²) in [6.45, 7) is 3.18. The van der Waals surface area contributed by atoms with Gasteiger partial charge in [-0.3, -0.25) is 19.1 Å². The number of halogens is 1.